The van der Waals surface area contributed by atoms with Crippen LogP contribution in [0.2, 0.25) is 0 Å². The number of allylic oxidation sites excluding steroid dienone is 1. The monoisotopic (exact) mass is 533 g/mol. The summed E-state index contributed by atoms with van der Waals surface area (Å²) in [7, 11) is 0. The second-order valence-corrected chi connectivity index (χ2v) is 10.9. The van der Waals surface area contributed by atoms with Crippen molar-refractivity contribution in [2.45, 2.75) is 45.8 Å². The van der Waals surface area contributed by atoms with Gasteiger partial charge in [0.2, 0.25) is 0 Å². The van der Waals surface area contributed by atoms with E-state index in [1.54, 1.807) is 17.2 Å². The average molecular weight is 534 g/mol. The average Bonchev–Trinajstić information content (AvgIpc) is 3.29. The first kappa shape index (κ1) is 26.9. The Morgan fingerprint density at radius 2 is 2.08 bits per heavy atom. The first-order valence-corrected chi connectivity index (χ1v) is 13.5. The standard InChI is InChI=1S/C30H36FN5O3/c1-6-25(24-14-32-13-20(24)5)38-22-11-30(12-22)16-35(17-30)28-27(15-33-18-34-28)39-26-9-8-21(31)10-23(26)29(37)36(7-2)19(3)4/h6,8-10,15,18-19,22,32H,1,5,7,11-14,16-17H2,2-4H3/b25-24+. The van der Waals surface area contributed by atoms with E-state index in [9.17, 15) is 9.18 Å². The Labute approximate surface area is 229 Å². The highest BCUT2D eigenvalue weighted by Gasteiger charge is 2.54. The number of ether oxygens (including phenoxy) is 2. The third-order valence-electron chi connectivity index (χ3n) is 7.79. The summed E-state index contributed by atoms with van der Waals surface area (Å²) in [6, 6.07) is 3.97. The molecular formula is C30H36FN5O3. The fourth-order valence-corrected chi connectivity index (χ4v) is 5.81. The van der Waals surface area contributed by atoms with Crippen LogP contribution >= 0.6 is 0 Å². The van der Waals surface area contributed by atoms with Gasteiger partial charge in [-0.15, -0.1) is 0 Å². The van der Waals surface area contributed by atoms with E-state index < -0.39 is 5.82 Å². The summed E-state index contributed by atoms with van der Waals surface area (Å²) >= 11 is 0. The number of rotatable bonds is 9. The second kappa shape index (κ2) is 10.8. The van der Waals surface area contributed by atoms with Gasteiger partial charge in [-0.1, -0.05) is 13.2 Å². The van der Waals surface area contributed by atoms with Gasteiger partial charge in [-0.25, -0.2) is 14.4 Å². The predicted octanol–water partition coefficient (Wildman–Crippen LogP) is 4.86. The maximum Gasteiger partial charge on any atom is 0.257 e. The second-order valence-electron chi connectivity index (χ2n) is 10.9. The van der Waals surface area contributed by atoms with E-state index in [4.69, 9.17) is 9.47 Å². The lowest BCUT2D eigenvalue weighted by atomic mass is 9.61. The smallest absolute Gasteiger partial charge is 0.257 e. The molecule has 0 unspecified atom stereocenters. The number of halogens is 1. The van der Waals surface area contributed by atoms with Crippen LogP contribution in [0, 0.1) is 11.2 Å². The van der Waals surface area contributed by atoms with Crippen LogP contribution in [0.3, 0.4) is 0 Å². The zero-order valence-corrected chi connectivity index (χ0v) is 22.9. The van der Waals surface area contributed by atoms with Crippen LogP contribution in [-0.2, 0) is 4.74 Å². The zero-order chi connectivity index (χ0) is 27.7. The Morgan fingerprint density at radius 1 is 1.31 bits per heavy atom. The van der Waals surface area contributed by atoms with E-state index in [-0.39, 0.29) is 34.8 Å². The lowest BCUT2D eigenvalue weighted by Gasteiger charge is -2.59. The van der Waals surface area contributed by atoms with Crippen molar-refractivity contribution in [3.63, 3.8) is 0 Å². The molecule has 1 N–H and O–H groups in total. The van der Waals surface area contributed by atoms with Gasteiger partial charge in [0.05, 0.1) is 11.8 Å². The SMILES string of the molecule is C=C/C(OC1CC2(C1)CN(c1ncncc1Oc1ccc(F)cc1C(=O)N(CC)C(C)C)C2)=C1/CNCC1=C. The molecule has 1 aliphatic carbocycles. The molecule has 1 spiro atoms. The molecule has 2 saturated heterocycles. The molecule has 1 saturated carbocycles. The van der Waals surface area contributed by atoms with E-state index >= 15 is 0 Å². The predicted molar refractivity (Wildman–Crippen MR) is 148 cm³/mol. The van der Waals surface area contributed by atoms with Crippen molar-refractivity contribution in [1.29, 1.82) is 0 Å². The van der Waals surface area contributed by atoms with Gasteiger partial charge in [-0.2, -0.15) is 0 Å². The lowest BCUT2D eigenvalue weighted by molar-refractivity contribution is -0.0644. The molecule has 3 aliphatic rings. The van der Waals surface area contributed by atoms with Crippen molar-refractivity contribution in [2.75, 3.05) is 37.6 Å². The largest absolute Gasteiger partial charge is 0.490 e. The van der Waals surface area contributed by atoms with Gasteiger partial charge in [0.1, 0.15) is 29.8 Å². The van der Waals surface area contributed by atoms with Crippen LogP contribution in [0.5, 0.6) is 11.5 Å². The highest BCUT2D eigenvalue weighted by molar-refractivity contribution is 5.97. The van der Waals surface area contributed by atoms with Crippen LogP contribution < -0.4 is 15.0 Å². The Balaban J connectivity index is 1.27. The number of carbonyl (C=O) groups is 1. The molecule has 206 valence electrons. The fourth-order valence-electron chi connectivity index (χ4n) is 5.81. The van der Waals surface area contributed by atoms with Crippen molar-refractivity contribution < 1.29 is 18.7 Å². The third kappa shape index (κ3) is 5.28. The molecule has 2 aromatic rings. The van der Waals surface area contributed by atoms with E-state index in [0.717, 1.165) is 55.9 Å². The van der Waals surface area contributed by atoms with Gasteiger partial charge >= 0.3 is 0 Å². The minimum atomic E-state index is -0.495. The molecule has 1 aromatic heterocycles. The summed E-state index contributed by atoms with van der Waals surface area (Å²) < 4.78 is 26.6. The highest BCUT2D eigenvalue weighted by Crippen LogP contribution is 2.52. The Morgan fingerprint density at radius 3 is 2.72 bits per heavy atom. The molecule has 9 heteroatoms. The number of hydrogen-bond donors (Lipinski definition) is 1. The summed E-state index contributed by atoms with van der Waals surface area (Å²) in [5.41, 5.74) is 2.51. The van der Waals surface area contributed by atoms with E-state index in [0.29, 0.717) is 18.1 Å². The molecule has 1 aromatic carbocycles. The number of carbonyl (C=O) groups excluding carboxylic acids is 1. The summed E-state index contributed by atoms with van der Waals surface area (Å²) in [4.78, 5) is 25.7. The molecule has 0 atom stereocenters. The normalized spacial score (nSPS) is 19.5. The van der Waals surface area contributed by atoms with E-state index in [1.807, 2.05) is 20.8 Å². The molecule has 1 amide bonds. The van der Waals surface area contributed by atoms with Gasteiger partial charge in [0.15, 0.2) is 11.6 Å². The molecule has 39 heavy (non-hydrogen) atoms. The van der Waals surface area contributed by atoms with Crippen LogP contribution in [-0.4, -0.2) is 65.6 Å². The summed E-state index contributed by atoms with van der Waals surface area (Å²) in [5, 5.41) is 3.30. The van der Waals surface area contributed by atoms with Gasteiger partial charge in [0.25, 0.3) is 5.91 Å². The summed E-state index contributed by atoms with van der Waals surface area (Å²) in [6.45, 7) is 17.5. The van der Waals surface area contributed by atoms with Crippen LogP contribution in [0.25, 0.3) is 0 Å². The van der Waals surface area contributed by atoms with Crippen molar-refractivity contribution >= 4 is 11.7 Å². The zero-order valence-electron chi connectivity index (χ0n) is 22.9. The summed E-state index contributed by atoms with van der Waals surface area (Å²) in [5.74, 6) is 1.41. The fraction of sp³-hybridized carbons (Fsp3) is 0.433. The molecule has 3 heterocycles. The minimum absolute atomic E-state index is 0.0331. The number of hydrogen-bond acceptors (Lipinski definition) is 7. The molecule has 5 rings (SSSR count). The van der Waals surface area contributed by atoms with Gasteiger partial charge in [-0.05, 0) is 63.5 Å². The molecule has 0 radical (unpaired) electrons. The highest BCUT2D eigenvalue weighted by atomic mass is 19.1. The van der Waals surface area contributed by atoms with Gasteiger partial charge in [0, 0.05) is 49.8 Å². The Kier molecular flexibility index (Phi) is 7.44. The number of aromatic nitrogens is 2. The molecule has 3 fully saturated rings. The summed E-state index contributed by atoms with van der Waals surface area (Å²) in [6.07, 6.45) is 6.91. The van der Waals surface area contributed by atoms with Crippen LogP contribution in [0.4, 0.5) is 10.2 Å². The van der Waals surface area contributed by atoms with Crippen molar-refractivity contribution in [3.8, 4) is 11.5 Å². The van der Waals surface area contributed by atoms with Crippen molar-refractivity contribution in [1.82, 2.24) is 20.2 Å². The number of benzene rings is 1. The number of anilines is 1. The lowest BCUT2D eigenvalue weighted by Crippen LogP contribution is -2.64. The molecule has 2 aliphatic heterocycles. The Bertz CT molecular complexity index is 1310. The van der Waals surface area contributed by atoms with E-state index in [1.165, 1.54) is 24.5 Å². The van der Waals surface area contributed by atoms with Crippen LogP contribution in [0.15, 0.2) is 66.9 Å². The minimum Gasteiger partial charge on any atom is -0.490 e. The maximum atomic E-state index is 14.2. The van der Waals surface area contributed by atoms with Crippen molar-refractivity contribution in [3.05, 3.63) is 78.2 Å². The molecular weight excluding hydrogens is 497 g/mol. The number of amides is 1. The third-order valence-corrected chi connectivity index (χ3v) is 7.79. The first-order valence-electron chi connectivity index (χ1n) is 13.5. The molecule has 0 bridgehead atoms. The first-order chi connectivity index (χ1) is 18.7. The molecule has 8 nitrogen and oxygen atoms in total. The maximum absolute atomic E-state index is 14.2. The quantitative estimate of drug-likeness (QED) is 0.461. The topological polar surface area (TPSA) is 79.8 Å². The van der Waals surface area contributed by atoms with Crippen LogP contribution in [0.1, 0.15) is 44.0 Å². The van der Waals surface area contributed by atoms with E-state index in [2.05, 4.69) is 33.3 Å². The van der Waals surface area contributed by atoms with Crippen molar-refractivity contribution in [2.24, 2.45) is 5.41 Å². The number of nitrogens with zero attached hydrogens (tertiary/aromatic N) is 4. The van der Waals surface area contributed by atoms with Gasteiger partial charge in [-0.3, -0.25) is 4.79 Å². The van der Waals surface area contributed by atoms with Gasteiger partial charge < -0.3 is 24.6 Å². The Hall–Kier alpha value is -3.72. The number of nitrogens with one attached hydrogen (secondary N) is 1.